The lowest BCUT2D eigenvalue weighted by atomic mass is 10.1. The van der Waals surface area contributed by atoms with E-state index in [-0.39, 0.29) is 6.04 Å². The summed E-state index contributed by atoms with van der Waals surface area (Å²) in [5.74, 6) is 1.67. The molecule has 6 heteroatoms. The van der Waals surface area contributed by atoms with Gasteiger partial charge in [0.15, 0.2) is 5.65 Å². The Balaban J connectivity index is 1.79. The van der Waals surface area contributed by atoms with Crippen LogP contribution in [-0.2, 0) is 0 Å². The van der Waals surface area contributed by atoms with Crippen LogP contribution in [0.1, 0.15) is 24.1 Å². The van der Waals surface area contributed by atoms with Gasteiger partial charge in [0.1, 0.15) is 18.2 Å². The van der Waals surface area contributed by atoms with E-state index in [9.17, 15) is 0 Å². The standard InChI is InChI=1S/C18H19N5O/c1-12-15-11-20-23-9-7-17(22-18(15)23)21-13(2)14-5-3-4-6-16(14)24-10-8-19-12/h3-7,9,11,13,19H,1,8,10H2,2H3,(H,21,22)/t13-/m1/s1. The number of hydrogen-bond acceptors (Lipinski definition) is 5. The van der Waals surface area contributed by atoms with Gasteiger partial charge < -0.3 is 15.4 Å². The highest BCUT2D eigenvalue weighted by Gasteiger charge is 2.15. The topological polar surface area (TPSA) is 63.5 Å². The second-order valence-corrected chi connectivity index (χ2v) is 5.80. The van der Waals surface area contributed by atoms with Crippen LogP contribution in [0.25, 0.3) is 11.3 Å². The van der Waals surface area contributed by atoms with Crippen LogP contribution in [0.4, 0.5) is 5.82 Å². The summed E-state index contributed by atoms with van der Waals surface area (Å²) in [6.45, 7) is 7.41. The quantitative estimate of drug-likeness (QED) is 0.666. The average molecular weight is 321 g/mol. The summed E-state index contributed by atoms with van der Waals surface area (Å²) in [5.41, 5.74) is 3.56. The molecule has 2 aromatic heterocycles. The number of nitrogens with zero attached hydrogens (tertiary/aromatic N) is 3. The second-order valence-electron chi connectivity index (χ2n) is 5.80. The first-order valence-corrected chi connectivity index (χ1v) is 7.98. The first-order valence-electron chi connectivity index (χ1n) is 7.98. The lowest BCUT2D eigenvalue weighted by Crippen LogP contribution is -2.19. The molecule has 0 spiro atoms. The highest BCUT2D eigenvalue weighted by Crippen LogP contribution is 2.28. The minimum Gasteiger partial charge on any atom is -0.491 e. The molecule has 0 aliphatic carbocycles. The molecule has 1 atom stereocenters. The van der Waals surface area contributed by atoms with Crippen LogP contribution in [0.5, 0.6) is 5.75 Å². The van der Waals surface area contributed by atoms with Crippen molar-refractivity contribution < 1.29 is 4.74 Å². The maximum Gasteiger partial charge on any atom is 0.166 e. The van der Waals surface area contributed by atoms with E-state index in [0.717, 1.165) is 34.0 Å². The molecule has 0 saturated heterocycles. The largest absolute Gasteiger partial charge is 0.491 e. The third kappa shape index (κ3) is 2.56. The molecule has 6 nitrogen and oxygen atoms in total. The Morgan fingerprint density at radius 2 is 2.17 bits per heavy atom. The molecule has 0 unspecified atom stereocenters. The van der Waals surface area contributed by atoms with Crippen LogP contribution in [-0.4, -0.2) is 27.7 Å². The molecule has 3 heterocycles. The number of para-hydroxylation sites is 1. The molecule has 0 fully saturated rings. The highest BCUT2D eigenvalue weighted by atomic mass is 16.5. The summed E-state index contributed by atoms with van der Waals surface area (Å²) < 4.78 is 7.70. The minimum atomic E-state index is 0.0689. The molecule has 0 saturated carbocycles. The van der Waals surface area contributed by atoms with E-state index in [1.807, 2.05) is 30.5 Å². The van der Waals surface area contributed by atoms with Gasteiger partial charge in [0.2, 0.25) is 0 Å². The Labute approximate surface area is 140 Å². The number of anilines is 1. The Bertz CT molecular complexity index is 901. The number of aromatic nitrogens is 3. The van der Waals surface area contributed by atoms with Crippen molar-refractivity contribution in [2.45, 2.75) is 13.0 Å². The van der Waals surface area contributed by atoms with E-state index >= 15 is 0 Å². The summed E-state index contributed by atoms with van der Waals surface area (Å²) in [4.78, 5) is 4.70. The van der Waals surface area contributed by atoms with Gasteiger partial charge in [-0.25, -0.2) is 9.50 Å². The van der Waals surface area contributed by atoms with Gasteiger partial charge in [-0.3, -0.25) is 0 Å². The molecule has 0 amide bonds. The van der Waals surface area contributed by atoms with E-state index in [4.69, 9.17) is 9.72 Å². The molecule has 122 valence electrons. The lowest BCUT2D eigenvalue weighted by molar-refractivity contribution is 0.317. The highest BCUT2D eigenvalue weighted by molar-refractivity contribution is 5.73. The van der Waals surface area contributed by atoms with Crippen LogP contribution >= 0.6 is 0 Å². The lowest BCUT2D eigenvalue weighted by Gasteiger charge is -2.18. The van der Waals surface area contributed by atoms with Gasteiger partial charge in [-0.05, 0) is 19.1 Å². The van der Waals surface area contributed by atoms with Crippen LogP contribution in [0, 0.1) is 0 Å². The van der Waals surface area contributed by atoms with Gasteiger partial charge >= 0.3 is 0 Å². The van der Waals surface area contributed by atoms with Gasteiger partial charge in [0, 0.05) is 24.0 Å². The second kappa shape index (κ2) is 5.88. The van der Waals surface area contributed by atoms with Crippen molar-refractivity contribution >= 4 is 17.2 Å². The SMILES string of the molecule is C=C1NCCOc2ccccc2[C@@H](C)Nc2ccn3ncc1c3n2. The number of ether oxygens (including phenoxy) is 1. The third-order valence-electron chi connectivity index (χ3n) is 4.14. The van der Waals surface area contributed by atoms with Gasteiger partial charge in [0.25, 0.3) is 0 Å². The molecule has 2 N–H and O–H groups in total. The molecule has 24 heavy (non-hydrogen) atoms. The maximum atomic E-state index is 5.95. The molecular formula is C18H19N5O. The Kier molecular flexibility index (Phi) is 3.57. The fourth-order valence-electron chi connectivity index (χ4n) is 2.89. The zero-order valence-corrected chi connectivity index (χ0v) is 13.5. The molecule has 1 aromatic carbocycles. The Hall–Kier alpha value is -3.02. The monoisotopic (exact) mass is 321 g/mol. The summed E-state index contributed by atoms with van der Waals surface area (Å²) >= 11 is 0. The smallest absolute Gasteiger partial charge is 0.166 e. The summed E-state index contributed by atoms with van der Waals surface area (Å²) in [5, 5.41) is 11.1. The third-order valence-corrected chi connectivity index (χ3v) is 4.14. The molecule has 1 aliphatic heterocycles. The fourth-order valence-corrected chi connectivity index (χ4v) is 2.89. The van der Waals surface area contributed by atoms with Gasteiger partial charge in [-0.15, -0.1) is 0 Å². The molecule has 4 rings (SSSR count). The first-order chi connectivity index (χ1) is 11.7. The van der Waals surface area contributed by atoms with Crippen molar-refractivity contribution in [3.63, 3.8) is 0 Å². The summed E-state index contributed by atoms with van der Waals surface area (Å²) in [6.07, 6.45) is 3.68. The summed E-state index contributed by atoms with van der Waals surface area (Å²) in [6, 6.07) is 10.1. The average Bonchev–Trinajstić information content (AvgIpc) is 3.01. The van der Waals surface area contributed by atoms with E-state index in [2.05, 4.69) is 35.3 Å². The van der Waals surface area contributed by atoms with E-state index < -0.39 is 0 Å². The summed E-state index contributed by atoms with van der Waals surface area (Å²) in [7, 11) is 0. The van der Waals surface area contributed by atoms with Crippen molar-refractivity contribution in [1.82, 2.24) is 19.9 Å². The minimum absolute atomic E-state index is 0.0689. The van der Waals surface area contributed by atoms with Crippen molar-refractivity contribution in [2.75, 3.05) is 18.5 Å². The number of hydrogen-bond donors (Lipinski definition) is 2. The zero-order valence-electron chi connectivity index (χ0n) is 13.5. The number of fused-ring (bicyclic) bond motifs is 2. The van der Waals surface area contributed by atoms with Gasteiger partial charge in [0.05, 0.1) is 17.8 Å². The predicted molar refractivity (Wildman–Crippen MR) is 94.0 cm³/mol. The van der Waals surface area contributed by atoms with Crippen LogP contribution < -0.4 is 15.4 Å². The van der Waals surface area contributed by atoms with Crippen LogP contribution in [0.3, 0.4) is 0 Å². The number of benzene rings is 1. The fraction of sp³-hybridized carbons (Fsp3) is 0.222. The van der Waals surface area contributed by atoms with Crippen LogP contribution in [0.2, 0.25) is 0 Å². The van der Waals surface area contributed by atoms with Crippen molar-refractivity contribution in [3.05, 3.63) is 60.4 Å². The van der Waals surface area contributed by atoms with Gasteiger partial charge in [-0.1, -0.05) is 24.8 Å². The van der Waals surface area contributed by atoms with Gasteiger partial charge in [-0.2, -0.15) is 5.10 Å². The van der Waals surface area contributed by atoms with E-state index in [1.165, 1.54) is 0 Å². The van der Waals surface area contributed by atoms with E-state index in [0.29, 0.717) is 13.2 Å². The Morgan fingerprint density at radius 1 is 1.29 bits per heavy atom. The van der Waals surface area contributed by atoms with Crippen LogP contribution in [0.15, 0.2) is 49.3 Å². The molecule has 2 bridgehead atoms. The van der Waals surface area contributed by atoms with E-state index in [1.54, 1.807) is 10.7 Å². The molecule has 0 radical (unpaired) electrons. The molecule has 3 aromatic rings. The normalized spacial score (nSPS) is 17.7. The Morgan fingerprint density at radius 3 is 3.08 bits per heavy atom. The van der Waals surface area contributed by atoms with Crippen molar-refractivity contribution in [2.24, 2.45) is 0 Å². The number of nitrogens with one attached hydrogen (secondary N) is 2. The van der Waals surface area contributed by atoms with Crippen molar-refractivity contribution in [1.29, 1.82) is 0 Å². The predicted octanol–water partition coefficient (Wildman–Crippen LogP) is 2.86. The zero-order chi connectivity index (χ0) is 16.5. The molecular weight excluding hydrogens is 302 g/mol. The van der Waals surface area contributed by atoms with Crippen molar-refractivity contribution in [3.8, 4) is 5.75 Å². The first kappa shape index (κ1) is 14.6. The maximum absolute atomic E-state index is 5.95. The molecule has 1 aliphatic rings. The number of rotatable bonds is 0.